The van der Waals surface area contributed by atoms with Gasteiger partial charge in [-0.05, 0) is 31.4 Å². The van der Waals surface area contributed by atoms with Gasteiger partial charge in [0.05, 0.1) is 0 Å². The van der Waals surface area contributed by atoms with Crippen molar-refractivity contribution in [3.8, 4) is 0 Å². The molecule has 0 spiro atoms. The number of aromatic nitrogens is 1. The molecule has 0 saturated heterocycles. The Morgan fingerprint density at radius 1 is 1.14 bits per heavy atom. The molecule has 0 radical (unpaired) electrons. The fourth-order valence-electron chi connectivity index (χ4n) is 1.43. The summed E-state index contributed by atoms with van der Waals surface area (Å²) >= 11 is 0. The highest BCUT2D eigenvalue weighted by Crippen LogP contribution is 2.06. The van der Waals surface area contributed by atoms with E-state index in [4.69, 9.17) is 0 Å². The highest BCUT2D eigenvalue weighted by atomic mass is 16.1. The predicted octanol–water partition coefficient (Wildman–Crippen LogP) is 2.77. The monoisotopic (exact) mass is 191 g/mol. The first-order valence-corrected chi connectivity index (χ1v) is 5.27. The van der Waals surface area contributed by atoms with E-state index in [9.17, 15) is 4.79 Å². The van der Waals surface area contributed by atoms with Crippen molar-refractivity contribution in [3.05, 3.63) is 30.1 Å². The Bertz CT molecular complexity index is 246. The van der Waals surface area contributed by atoms with Crippen molar-refractivity contribution >= 4 is 6.29 Å². The minimum absolute atomic E-state index is 0.712. The third-order valence-electron chi connectivity index (χ3n) is 2.23. The number of pyridine rings is 1. The van der Waals surface area contributed by atoms with E-state index in [-0.39, 0.29) is 0 Å². The van der Waals surface area contributed by atoms with Crippen LogP contribution in [0, 0.1) is 0 Å². The molecule has 0 N–H and O–H groups in total. The van der Waals surface area contributed by atoms with Crippen molar-refractivity contribution in [2.24, 2.45) is 0 Å². The average molecular weight is 191 g/mol. The zero-order valence-electron chi connectivity index (χ0n) is 8.48. The van der Waals surface area contributed by atoms with Crippen LogP contribution in [0.25, 0.3) is 0 Å². The highest BCUT2D eigenvalue weighted by Gasteiger charge is 1.93. The van der Waals surface area contributed by atoms with E-state index in [1.165, 1.54) is 18.5 Å². The van der Waals surface area contributed by atoms with Crippen molar-refractivity contribution in [1.82, 2.24) is 4.98 Å². The fourth-order valence-corrected chi connectivity index (χ4v) is 1.43. The van der Waals surface area contributed by atoms with E-state index >= 15 is 0 Å². The van der Waals surface area contributed by atoms with Crippen molar-refractivity contribution in [2.45, 2.75) is 38.5 Å². The molecular formula is C12H17NO. The summed E-state index contributed by atoms with van der Waals surface area (Å²) in [4.78, 5) is 14.3. The summed E-state index contributed by atoms with van der Waals surface area (Å²) in [5, 5.41) is 0. The summed E-state index contributed by atoms with van der Waals surface area (Å²) in [5.74, 6) is 0. The van der Waals surface area contributed by atoms with Crippen LogP contribution in [0.2, 0.25) is 0 Å². The van der Waals surface area contributed by atoms with Gasteiger partial charge in [0.15, 0.2) is 0 Å². The summed E-state index contributed by atoms with van der Waals surface area (Å²) in [5.41, 5.74) is 1.17. The maximum absolute atomic E-state index is 10.0. The quantitative estimate of drug-likeness (QED) is 0.490. The Balaban J connectivity index is 2.02. The van der Waals surface area contributed by atoms with Crippen LogP contribution in [-0.4, -0.2) is 11.3 Å². The fraction of sp³-hybridized carbons (Fsp3) is 0.500. The molecule has 2 heteroatoms. The Kier molecular flexibility index (Phi) is 5.64. The molecule has 1 aromatic rings. The van der Waals surface area contributed by atoms with Gasteiger partial charge in [-0.25, -0.2) is 0 Å². The van der Waals surface area contributed by atoms with Crippen molar-refractivity contribution < 1.29 is 4.79 Å². The summed E-state index contributed by atoms with van der Waals surface area (Å²) in [7, 11) is 0. The van der Waals surface area contributed by atoms with Crippen LogP contribution >= 0.6 is 0 Å². The van der Waals surface area contributed by atoms with E-state index in [0.29, 0.717) is 6.42 Å². The lowest BCUT2D eigenvalue weighted by Gasteiger charge is -1.99. The number of hydrogen-bond acceptors (Lipinski definition) is 2. The third kappa shape index (κ3) is 4.75. The Morgan fingerprint density at radius 3 is 2.71 bits per heavy atom. The third-order valence-corrected chi connectivity index (χ3v) is 2.23. The smallest absolute Gasteiger partial charge is 0.119 e. The van der Waals surface area contributed by atoms with Crippen molar-refractivity contribution in [1.29, 1.82) is 0 Å². The predicted molar refractivity (Wildman–Crippen MR) is 57.1 cm³/mol. The maximum atomic E-state index is 10.0. The molecule has 0 atom stereocenters. The lowest BCUT2D eigenvalue weighted by molar-refractivity contribution is -0.107. The second kappa shape index (κ2) is 7.25. The number of aryl methyl sites for hydroxylation is 1. The molecule has 1 aromatic heterocycles. The van der Waals surface area contributed by atoms with E-state index in [2.05, 4.69) is 11.1 Å². The second-order valence-electron chi connectivity index (χ2n) is 3.44. The minimum Gasteiger partial charge on any atom is -0.303 e. The maximum Gasteiger partial charge on any atom is 0.119 e. The zero-order valence-corrected chi connectivity index (χ0v) is 8.48. The van der Waals surface area contributed by atoms with Gasteiger partial charge in [0.1, 0.15) is 6.29 Å². The molecule has 1 rings (SSSR count). The van der Waals surface area contributed by atoms with Gasteiger partial charge >= 0.3 is 0 Å². The molecule has 0 aliphatic rings. The van der Waals surface area contributed by atoms with Gasteiger partial charge in [0.2, 0.25) is 0 Å². The molecule has 0 aliphatic carbocycles. The molecule has 0 unspecified atom stereocenters. The molecule has 0 fully saturated rings. The van der Waals surface area contributed by atoms with Crippen LogP contribution in [-0.2, 0) is 11.2 Å². The molecular weight excluding hydrogens is 174 g/mol. The van der Waals surface area contributed by atoms with Gasteiger partial charge in [-0.15, -0.1) is 0 Å². The van der Waals surface area contributed by atoms with E-state index in [0.717, 1.165) is 25.5 Å². The number of aldehydes is 1. The Hall–Kier alpha value is -1.18. The molecule has 1 heterocycles. The highest BCUT2D eigenvalue weighted by molar-refractivity contribution is 5.48. The van der Waals surface area contributed by atoms with Crippen molar-refractivity contribution in [2.75, 3.05) is 0 Å². The SMILES string of the molecule is O=CCCCCCCc1ccccn1. The van der Waals surface area contributed by atoms with Crippen LogP contribution in [0.5, 0.6) is 0 Å². The lowest BCUT2D eigenvalue weighted by Crippen LogP contribution is -1.89. The van der Waals surface area contributed by atoms with Gasteiger partial charge in [-0.2, -0.15) is 0 Å². The summed E-state index contributed by atoms with van der Waals surface area (Å²) < 4.78 is 0. The number of carbonyl (C=O) groups excluding carboxylic acids is 1. The largest absolute Gasteiger partial charge is 0.303 e. The van der Waals surface area contributed by atoms with Crippen LogP contribution in [0.3, 0.4) is 0 Å². The summed E-state index contributed by atoms with van der Waals surface area (Å²) in [6.07, 6.45) is 9.17. The van der Waals surface area contributed by atoms with Gasteiger partial charge in [0.25, 0.3) is 0 Å². The number of unbranched alkanes of at least 4 members (excludes halogenated alkanes) is 4. The average Bonchev–Trinajstić information content (AvgIpc) is 2.25. The van der Waals surface area contributed by atoms with E-state index in [1.54, 1.807) is 0 Å². The molecule has 2 nitrogen and oxygen atoms in total. The summed E-state index contributed by atoms with van der Waals surface area (Å²) in [6.45, 7) is 0. The molecule has 0 aliphatic heterocycles. The lowest BCUT2D eigenvalue weighted by atomic mass is 10.1. The normalized spacial score (nSPS) is 10.0. The van der Waals surface area contributed by atoms with Crippen molar-refractivity contribution in [3.63, 3.8) is 0 Å². The van der Waals surface area contributed by atoms with Crippen LogP contribution in [0.4, 0.5) is 0 Å². The molecule has 76 valence electrons. The summed E-state index contributed by atoms with van der Waals surface area (Å²) in [6, 6.07) is 6.02. The van der Waals surface area contributed by atoms with Gasteiger partial charge in [0, 0.05) is 18.3 Å². The van der Waals surface area contributed by atoms with Crippen LogP contribution in [0.1, 0.15) is 37.8 Å². The first-order chi connectivity index (χ1) is 6.93. The number of hydrogen-bond donors (Lipinski definition) is 0. The molecule has 0 saturated carbocycles. The molecule has 0 bridgehead atoms. The Morgan fingerprint density at radius 2 is 2.00 bits per heavy atom. The van der Waals surface area contributed by atoms with E-state index in [1.807, 2.05) is 18.3 Å². The Labute approximate surface area is 85.4 Å². The molecule has 0 amide bonds. The van der Waals surface area contributed by atoms with Gasteiger partial charge in [-0.1, -0.05) is 18.9 Å². The molecule has 14 heavy (non-hydrogen) atoms. The first-order valence-electron chi connectivity index (χ1n) is 5.27. The molecule has 0 aromatic carbocycles. The number of carbonyl (C=O) groups is 1. The standard InChI is InChI=1S/C12H17NO/c14-11-7-3-1-2-4-8-12-9-5-6-10-13-12/h5-6,9-11H,1-4,7-8H2. The van der Waals surface area contributed by atoms with Crippen LogP contribution < -0.4 is 0 Å². The van der Waals surface area contributed by atoms with Crippen LogP contribution in [0.15, 0.2) is 24.4 Å². The number of nitrogens with zero attached hydrogens (tertiary/aromatic N) is 1. The van der Waals surface area contributed by atoms with Gasteiger partial charge < -0.3 is 4.79 Å². The zero-order chi connectivity index (χ0) is 10.1. The topological polar surface area (TPSA) is 30.0 Å². The second-order valence-corrected chi connectivity index (χ2v) is 3.44. The van der Waals surface area contributed by atoms with Gasteiger partial charge in [-0.3, -0.25) is 4.98 Å². The number of rotatable bonds is 7. The van der Waals surface area contributed by atoms with E-state index < -0.39 is 0 Å². The first kappa shape index (κ1) is 10.9. The minimum atomic E-state index is 0.712.